The summed E-state index contributed by atoms with van der Waals surface area (Å²) in [5.41, 5.74) is 1.38. The highest BCUT2D eigenvalue weighted by Gasteiger charge is 2.44. The standard InChI is InChI=1S/C11H13N3O4/c15-5-8-9(16)10(17)11(18-8)14-7-4-2-1-3-6(7)12-13-14/h1-4,8-11,15-17H,5H2/t8-,9-,10-,11-/m1/s1. The van der Waals surface area contributed by atoms with Gasteiger partial charge in [0, 0.05) is 0 Å². The smallest absolute Gasteiger partial charge is 0.181 e. The molecular formula is C11H13N3O4. The minimum atomic E-state index is -1.15. The Bertz CT molecular complexity index is 558. The number of hydrogen-bond acceptors (Lipinski definition) is 6. The lowest BCUT2D eigenvalue weighted by molar-refractivity contribution is -0.0572. The fourth-order valence-electron chi connectivity index (χ4n) is 2.16. The topological polar surface area (TPSA) is 101 Å². The van der Waals surface area contributed by atoms with Crippen LogP contribution in [0.3, 0.4) is 0 Å². The molecular weight excluding hydrogens is 238 g/mol. The van der Waals surface area contributed by atoms with Crippen molar-refractivity contribution in [3.8, 4) is 0 Å². The quantitative estimate of drug-likeness (QED) is 0.635. The van der Waals surface area contributed by atoms with Crippen molar-refractivity contribution in [1.82, 2.24) is 15.0 Å². The molecule has 0 bridgehead atoms. The number of para-hydroxylation sites is 1. The van der Waals surface area contributed by atoms with Crippen LogP contribution in [0.25, 0.3) is 11.0 Å². The Hall–Kier alpha value is -1.54. The van der Waals surface area contributed by atoms with E-state index in [0.717, 1.165) is 0 Å². The van der Waals surface area contributed by atoms with Gasteiger partial charge >= 0.3 is 0 Å². The predicted molar refractivity (Wildman–Crippen MR) is 60.5 cm³/mol. The fraction of sp³-hybridized carbons (Fsp3) is 0.455. The van der Waals surface area contributed by atoms with E-state index < -0.39 is 24.5 Å². The molecule has 1 aromatic carbocycles. The summed E-state index contributed by atoms with van der Waals surface area (Å²) in [6.07, 6.45) is -3.94. The molecule has 0 saturated carbocycles. The van der Waals surface area contributed by atoms with Crippen molar-refractivity contribution in [2.45, 2.75) is 24.5 Å². The average Bonchev–Trinajstić information content (AvgIpc) is 2.93. The first-order valence-electron chi connectivity index (χ1n) is 5.65. The summed E-state index contributed by atoms with van der Waals surface area (Å²) < 4.78 is 6.81. The summed E-state index contributed by atoms with van der Waals surface area (Å²) >= 11 is 0. The number of aromatic nitrogens is 3. The SMILES string of the molecule is OC[C@H]1O[C@@H](n2nnc3ccccc32)[C@H](O)[C@@H]1O. The summed E-state index contributed by atoms with van der Waals surface area (Å²) in [7, 11) is 0. The Kier molecular flexibility index (Phi) is 2.75. The van der Waals surface area contributed by atoms with Crippen molar-refractivity contribution in [2.75, 3.05) is 6.61 Å². The molecule has 2 aromatic rings. The normalized spacial score (nSPS) is 32.2. The maximum absolute atomic E-state index is 9.92. The Balaban J connectivity index is 2.00. The lowest BCUT2D eigenvalue weighted by Crippen LogP contribution is -2.33. The Morgan fingerprint density at radius 1 is 1.22 bits per heavy atom. The second kappa shape index (κ2) is 4.29. The van der Waals surface area contributed by atoms with Crippen LogP contribution >= 0.6 is 0 Å². The summed E-state index contributed by atoms with van der Waals surface area (Å²) in [6.45, 7) is -0.360. The van der Waals surface area contributed by atoms with Crippen LogP contribution in [0.2, 0.25) is 0 Å². The van der Waals surface area contributed by atoms with Gasteiger partial charge in [0.05, 0.1) is 12.1 Å². The zero-order valence-corrected chi connectivity index (χ0v) is 9.42. The first kappa shape index (κ1) is 11.5. The van der Waals surface area contributed by atoms with Gasteiger partial charge < -0.3 is 20.1 Å². The summed E-state index contributed by atoms with van der Waals surface area (Å²) in [6, 6.07) is 7.24. The van der Waals surface area contributed by atoms with E-state index >= 15 is 0 Å². The summed E-state index contributed by atoms with van der Waals surface area (Å²) in [5.74, 6) is 0. The second-order valence-electron chi connectivity index (χ2n) is 4.25. The van der Waals surface area contributed by atoms with E-state index in [9.17, 15) is 10.2 Å². The van der Waals surface area contributed by atoms with Gasteiger partial charge in [-0.2, -0.15) is 0 Å². The Morgan fingerprint density at radius 2 is 2.00 bits per heavy atom. The van der Waals surface area contributed by atoms with Crippen molar-refractivity contribution < 1.29 is 20.1 Å². The van der Waals surface area contributed by atoms with Gasteiger partial charge in [-0.15, -0.1) is 5.10 Å². The fourth-order valence-corrected chi connectivity index (χ4v) is 2.16. The van der Waals surface area contributed by atoms with Gasteiger partial charge in [-0.3, -0.25) is 0 Å². The maximum Gasteiger partial charge on any atom is 0.181 e. The molecule has 0 unspecified atom stereocenters. The Labute approximate surface area is 102 Å². The first-order valence-corrected chi connectivity index (χ1v) is 5.65. The lowest BCUT2D eigenvalue weighted by Gasteiger charge is -2.14. The number of fused-ring (bicyclic) bond motifs is 1. The molecule has 7 heteroatoms. The number of aliphatic hydroxyl groups is 3. The van der Waals surface area contributed by atoms with E-state index in [1.807, 2.05) is 12.1 Å². The van der Waals surface area contributed by atoms with Gasteiger partial charge in [0.15, 0.2) is 6.23 Å². The van der Waals surface area contributed by atoms with Crippen molar-refractivity contribution >= 4 is 11.0 Å². The molecule has 2 heterocycles. The van der Waals surface area contributed by atoms with Crippen molar-refractivity contribution in [3.05, 3.63) is 24.3 Å². The van der Waals surface area contributed by atoms with Gasteiger partial charge in [-0.05, 0) is 12.1 Å². The number of benzene rings is 1. The van der Waals surface area contributed by atoms with Gasteiger partial charge in [-0.25, -0.2) is 4.68 Å². The third-order valence-corrected chi connectivity index (χ3v) is 3.14. The highest BCUT2D eigenvalue weighted by Crippen LogP contribution is 2.30. The van der Waals surface area contributed by atoms with Crippen LogP contribution in [-0.2, 0) is 4.74 Å². The first-order chi connectivity index (χ1) is 8.72. The third kappa shape index (κ3) is 1.60. The minimum Gasteiger partial charge on any atom is -0.394 e. The van der Waals surface area contributed by atoms with Crippen LogP contribution < -0.4 is 0 Å². The van der Waals surface area contributed by atoms with Crippen LogP contribution in [-0.4, -0.2) is 55.2 Å². The molecule has 0 radical (unpaired) electrons. The molecule has 0 aliphatic carbocycles. The molecule has 0 spiro atoms. The van der Waals surface area contributed by atoms with E-state index in [2.05, 4.69) is 10.3 Å². The molecule has 0 amide bonds. The van der Waals surface area contributed by atoms with Crippen LogP contribution in [0.1, 0.15) is 6.23 Å². The lowest BCUT2D eigenvalue weighted by atomic mass is 10.1. The molecule has 1 fully saturated rings. The predicted octanol–water partition coefficient (Wildman–Crippen LogP) is -0.957. The van der Waals surface area contributed by atoms with Crippen LogP contribution in [0, 0.1) is 0 Å². The third-order valence-electron chi connectivity index (χ3n) is 3.14. The molecule has 1 aliphatic heterocycles. The van der Waals surface area contributed by atoms with Crippen molar-refractivity contribution in [3.63, 3.8) is 0 Å². The van der Waals surface area contributed by atoms with Crippen LogP contribution in [0.15, 0.2) is 24.3 Å². The van der Waals surface area contributed by atoms with Crippen molar-refractivity contribution in [2.24, 2.45) is 0 Å². The summed E-state index contributed by atoms with van der Waals surface area (Å²) in [5, 5.41) is 36.5. The zero-order valence-electron chi connectivity index (χ0n) is 9.42. The maximum atomic E-state index is 9.92. The number of rotatable bonds is 2. The molecule has 3 N–H and O–H groups in total. The highest BCUT2D eigenvalue weighted by molar-refractivity contribution is 5.73. The molecule has 3 rings (SSSR count). The largest absolute Gasteiger partial charge is 0.394 e. The van der Waals surface area contributed by atoms with E-state index in [4.69, 9.17) is 9.84 Å². The monoisotopic (exact) mass is 251 g/mol. The second-order valence-corrected chi connectivity index (χ2v) is 4.25. The molecule has 1 saturated heterocycles. The molecule has 4 atom stereocenters. The van der Waals surface area contributed by atoms with Gasteiger partial charge in [-0.1, -0.05) is 17.3 Å². The van der Waals surface area contributed by atoms with Crippen molar-refractivity contribution in [1.29, 1.82) is 0 Å². The van der Waals surface area contributed by atoms with E-state index in [-0.39, 0.29) is 6.61 Å². The average molecular weight is 251 g/mol. The van der Waals surface area contributed by atoms with E-state index in [1.54, 1.807) is 12.1 Å². The molecule has 96 valence electrons. The van der Waals surface area contributed by atoms with Crippen LogP contribution in [0.4, 0.5) is 0 Å². The van der Waals surface area contributed by atoms with E-state index in [0.29, 0.717) is 11.0 Å². The molecule has 18 heavy (non-hydrogen) atoms. The van der Waals surface area contributed by atoms with Gasteiger partial charge in [0.25, 0.3) is 0 Å². The van der Waals surface area contributed by atoms with Gasteiger partial charge in [0.1, 0.15) is 23.8 Å². The number of nitrogens with zero attached hydrogens (tertiary/aromatic N) is 3. The number of aliphatic hydroxyl groups excluding tert-OH is 3. The molecule has 1 aliphatic rings. The summed E-state index contributed by atoms with van der Waals surface area (Å²) in [4.78, 5) is 0. The Morgan fingerprint density at radius 3 is 2.72 bits per heavy atom. The number of ether oxygens (including phenoxy) is 1. The minimum absolute atomic E-state index is 0.360. The van der Waals surface area contributed by atoms with E-state index in [1.165, 1.54) is 4.68 Å². The van der Waals surface area contributed by atoms with Crippen LogP contribution in [0.5, 0.6) is 0 Å². The molecule has 7 nitrogen and oxygen atoms in total. The number of hydrogen-bond donors (Lipinski definition) is 3. The zero-order chi connectivity index (χ0) is 12.7. The highest BCUT2D eigenvalue weighted by atomic mass is 16.6. The van der Waals surface area contributed by atoms with Gasteiger partial charge in [0.2, 0.25) is 0 Å². The molecule has 1 aromatic heterocycles.